The molecule has 8 aromatic rings. The van der Waals surface area contributed by atoms with Crippen molar-refractivity contribution in [3.8, 4) is 45.3 Å². The first-order chi connectivity index (χ1) is 34.1. The van der Waals surface area contributed by atoms with Crippen molar-refractivity contribution in [3.63, 3.8) is 0 Å². The highest BCUT2D eigenvalue weighted by atomic mass is 35.5. The number of nitrogens with one attached hydrogen (secondary N) is 1. The Morgan fingerprint density at radius 2 is 1.03 bits per heavy atom. The summed E-state index contributed by atoms with van der Waals surface area (Å²) >= 11 is 23.5. The summed E-state index contributed by atoms with van der Waals surface area (Å²) < 4.78 is 40.4. The molecule has 0 atom stereocenters. The fourth-order valence-electron chi connectivity index (χ4n) is 6.22. The topological polar surface area (TPSA) is 258 Å². The Morgan fingerprint density at radius 1 is 0.620 bits per heavy atom. The van der Waals surface area contributed by atoms with Gasteiger partial charge in [0.25, 0.3) is 5.91 Å². The molecule has 19 nitrogen and oxygen atoms in total. The van der Waals surface area contributed by atoms with Crippen LogP contribution in [0.5, 0.6) is 23.0 Å². The van der Waals surface area contributed by atoms with E-state index < -0.39 is 40.1 Å². The minimum Gasteiger partial charge on any atom is -0.476 e. The van der Waals surface area contributed by atoms with Gasteiger partial charge in [-0.3, -0.25) is 29.1 Å². The Labute approximate surface area is 418 Å². The fourth-order valence-corrected chi connectivity index (χ4v) is 6.82. The number of nitrogen functional groups attached to an aromatic ring is 1. The van der Waals surface area contributed by atoms with E-state index in [1.54, 1.807) is 23.1 Å². The summed E-state index contributed by atoms with van der Waals surface area (Å²) in [6.07, 6.45) is 15.2. The van der Waals surface area contributed by atoms with Crippen LogP contribution in [0.25, 0.3) is 22.3 Å². The summed E-state index contributed by atoms with van der Waals surface area (Å²) in [6.45, 7) is 0. The van der Waals surface area contributed by atoms with Gasteiger partial charge in [0, 0.05) is 48.0 Å². The molecule has 360 valence electrons. The number of rotatable bonds is 11. The third kappa shape index (κ3) is 12.4. The lowest BCUT2D eigenvalue weighted by atomic mass is 10.1. The average Bonchev–Trinajstić information content (AvgIpc) is 4.30. The highest BCUT2D eigenvalue weighted by Crippen LogP contribution is 2.37. The smallest absolute Gasteiger partial charge is 0.360 e. The van der Waals surface area contributed by atoms with Crippen LogP contribution < -0.4 is 31.4 Å². The number of nitrogens with two attached hydrogens (primary N) is 1. The minimum absolute atomic E-state index is 0.0624. The maximum absolute atomic E-state index is 13.4. The molecule has 4 N–H and O–H groups in total. The molecule has 2 saturated carbocycles. The van der Waals surface area contributed by atoms with Crippen LogP contribution >= 0.6 is 46.4 Å². The molecule has 6 heterocycles. The number of amides is 1. The maximum Gasteiger partial charge on any atom is 0.360 e. The van der Waals surface area contributed by atoms with Crippen LogP contribution in [-0.2, 0) is 0 Å². The number of anilines is 2. The third-order valence-electron chi connectivity index (χ3n) is 10.0. The van der Waals surface area contributed by atoms with Gasteiger partial charge in [-0.2, -0.15) is 10.2 Å². The van der Waals surface area contributed by atoms with Crippen molar-refractivity contribution in [2.24, 2.45) is 0 Å². The van der Waals surface area contributed by atoms with Crippen LogP contribution in [0.2, 0.25) is 20.4 Å². The maximum atomic E-state index is 13.4. The molecule has 2 aromatic carbocycles. The second kappa shape index (κ2) is 21.8. The van der Waals surface area contributed by atoms with Crippen molar-refractivity contribution in [2.75, 3.05) is 11.1 Å². The summed E-state index contributed by atoms with van der Waals surface area (Å²) in [5.74, 6) is -1.56. The Kier molecular flexibility index (Phi) is 15.2. The molecule has 0 saturated heterocycles. The number of pyridine rings is 2. The van der Waals surface area contributed by atoms with Crippen LogP contribution in [0.4, 0.5) is 20.7 Å². The number of nitrogens with zero attached hydrogens (tertiary/aromatic N) is 10. The summed E-state index contributed by atoms with van der Waals surface area (Å²) in [4.78, 5) is 72.5. The van der Waals surface area contributed by atoms with Gasteiger partial charge in [-0.1, -0.05) is 70.7 Å². The molecular weight excluding hydrogens is 1010 g/mol. The molecule has 25 heteroatoms. The van der Waals surface area contributed by atoms with E-state index in [1.807, 2.05) is 0 Å². The highest BCUT2D eigenvalue weighted by Gasteiger charge is 2.29. The van der Waals surface area contributed by atoms with E-state index >= 15 is 0 Å². The predicted octanol–water partition coefficient (Wildman–Crippen LogP) is 9.56. The van der Waals surface area contributed by atoms with Gasteiger partial charge in [0.05, 0.1) is 36.9 Å². The molecule has 0 radical (unpaired) electrons. The number of aromatic nitrogens is 10. The molecular formula is C46H32Cl4F2N12O7. The lowest BCUT2D eigenvalue weighted by molar-refractivity contribution is 0.0685. The van der Waals surface area contributed by atoms with Crippen LogP contribution in [0, 0.1) is 11.6 Å². The molecule has 0 aliphatic heterocycles. The number of ether oxygens (including phenoxy) is 2. The summed E-state index contributed by atoms with van der Waals surface area (Å²) in [5.41, 5.74) is 4.71. The van der Waals surface area contributed by atoms with Crippen LogP contribution in [0.3, 0.4) is 0 Å². The zero-order valence-corrected chi connectivity index (χ0v) is 39.1. The molecule has 0 unspecified atom stereocenters. The highest BCUT2D eigenvalue weighted by molar-refractivity contribution is 6.42. The number of hydrogen-bond donors (Lipinski definition) is 3. The zero-order valence-electron chi connectivity index (χ0n) is 36.1. The van der Waals surface area contributed by atoms with Gasteiger partial charge in [-0.05, 0) is 61.1 Å². The van der Waals surface area contributed by atoms with Crippen molar-refractivity contribution < 1.29 is 33.0 Å². The van der Waals surface area contributed by atoms with E-state index in [4.69, 9.17) is 66.7 Å². The SMILES string of the molecule is Nc1ncc(Oc2ccnc(Cl)c2Cl)cn1.O=C(Nc1ncc(Oc2ccnc(Cl)c2Cl)cn1)c1nn(C2CC2)cc(-c2ccc(F)cc2)c1=O.O=C(O)c1nn(C2CC2)cc(-c2ccc(F)cc2)c1=O. The predicted molar refractivity (Wildman–Crippen MR) is 256 cm³/mol. The number of carbonyl (C=O) groups is 2. The van der Waals surface area contributed by atoms with Crippen molar-refractivity contribution in [1.29, 1.82) is 0 Å². The first-order valence-corrected chi connectivity index (χ1v) is 22.3. The molecule has 6 aromatic heterocycles. The Bertz CT molecular complexity index is 3390. The van der Waals surface area contributed by atoms with E-state index in [9.17, 15) is 28.0 Å². The van der Waals surface area contributed by atoms with Gasteiger partial charge in [0.15, 0.2) is 39.0 Å². The van der Waals surface area contributed by atoms with E-state index in [0.29, 0.717) is 22.6 Å². The number of hydrogen-bond acceptors (Lipinski definition) is 15. The monoisotopic (exact) mass is 1040 g/mol. The first kappa shape index (κ1) is 49.4. The Balaban J connectivity index is 0.000000158. The van der Waals surface area contributed by atoms with Gasteiger partial charge >= 0.3 is 5.97 Å². The second-order valence-electron chi connectivity index (χ2n) is 15.2. The largest absolute Gasteiger partial charge is 0.476 e. The minimum atomic E-state index is -1.35. The summed E-state index contributed by atoms with van der Waals surface area (Å²) in [5, 5.41) is 20.3. The quantitative estimate of drug-likeness (QED) is 0.102. The standard InChI is InChI=1S/C23H15Cl2FN6O3.C14H11FN2O3.C9H6Cl2N4O/c24-18-17(7-8-27-21(18)25)35-15-9-28-23(29-10-15)30-22(34)19-20(33)16(11-32(31-19)14-5-6-14)12-1-3-13(26)4-2-12;15-9-3-1-8(2-4-9)11-7-17(10-5-6-10)16-12(13(11)18)14(19)20;10-7-6(1-2-13-8(7)11)16-5-3-14-9(12)15-4-5/h1-4,7-11,14H,5-6H2,(H,28,29,30,34);1-4,7,10H,5-6H2,(H,19,20);1-4H,(H2,12,14,15). The van der Waals surface area contributed by atoms with Crippen molar-refractivity contribution in [3.05, 3.63) is 174 Å². The third-order valence-corrected chi connectivity index (χ3v) is 11.5. The van der Waals surface area contributed by atoms with Gasteiger partial charge in [-0.25, -0.2) is 43.5 Å². The number of carboxylic acid groups (broad SMARTS) is 1. The van der Waals surface area contributed by atoms with E-state index in [0.717, 1.165) is 25.7 Å². The fraction of sp³-hybridized carbons (Fsp3) is 0.130. The van der Waals surface area contributed by atoms with E-state index in [2.05, 4.69) is 45.4 Å². The lowest BCUT2D eigenvalue weighted by Gasteiger charge is -2.11. The van der Waals surface area contributed by atoms with Gasteiger partial charge < -0.3 is 20.3 Å². The summed E-state index contributed by atoms with van der Waals surface area (Å²) in [6, 6.07) is 14.2. The molecule has 2 fully saturated rings. The molecule has 1 amide bonds. The van der Waals surface area contributed by atoms with Crippen LogP contribution in [-0.4, -0.2) is 66.4 Å². The van der Waals surface area contributed by atoms with Crippen molar-refractivity contribution >= 4 is 70.2 Å². The van der Waals surface area contributed by atoms with Crippen molar-refractivity contribution in [1.82, 2.24) is 49.5 Å². The lowest BCUT2D eigenvalue weighted by Crippen LogP contribution is -2.28. The van der Waals surface area contributed by atoms with E-state index in [-0.39, 0.29) is 72.7 Å². The summed E-state index contributed by atoms with van der Waals surface area (Å²) in [7, 11) is 0. The normalized spacial score (nSPS) is 12.6. The molecule has 71 heavy (non-hydrogen) atoms. The second-order valence-corrected chi connectivity index (χ2v) is 16.7. The molecule has 0 spiro atoms. The van der Waals surface area contributed by atoms with Gasteiger partial charge in [-0.15, -0.1) is 0 Å². The number of benzene rings is 2. The number of carbonyl (C=O) groups excluding carboxylic acids is 1. The number of halogens is 6. The van der Waals surface area contributed by atoms with Crippen LogP contribution in [0.15, 0.2) is 120 Å². The Morgan fingerprint density at radius 3 is 1.45 bits per heavy atom. The molecule has 0 bridgehead atoms. The van der Waals surface area contributed by atoms with E-state index in [1.165, 1.54) is 96.5 Å². The number of carboxylic acids is 1. The first-order valence-electron chi connectivity index (χ1n) is 20.8. The molecule has 2 aliphatic rings. The van der Waals surface area contributed by atoms with Gasteiger partial charge in [0.1, 0.15) is 21.7 Å². The molecule has 10 rings (SSSR count). The van der Waals surface area contributed by atoms with Crippen LogP contribution in [0.1, 0.15) is 58.7 Å². The zero-order chi connectivity index (χ0) is 50.3. The van der Waals surface area contributed by atoms with Crippen molar-refractivity contribution in [2.45, 2.75) is 37.8 Å². The Hall–Kier alpha value is -7.98. The van der Waals surface area contributed by atoms with Gasteiger partial charge in [0.2, 0.25) is 28.4 Å². The average molecular weight is 1040 g/mol. The number of aromatic carboxylic acids is 1. The molecule has 2 aliphatic carbocycles.